The number of nitrogens with zero attached hydrogens (tertiary/aromatic N) is 1. The Labute approximate surface area is 104 Å². The third-order valence-corrected chi connectivity index (χ3v) is 2.72. The van der Waals surface area contributed by atoms with Crippen LogP contribution in [0.2, 0.25) is 0 Å². The number of likely N-dealkylation sites (N-methyl/N-ethyl adjacent to an activating group) is 1. The quantitative estimate of drug-likeness (QED) is 0.522. The Hall–Kier alpha value is -1.10. The molecule has 0 unspecified atom stereocenters. The number of hydrogen-bond acceptors (Lipinski definition) is 4. The van der Waals surface area contributed by atoms with Gasteiger partial charge in [0.05, 0.1) is 6.61 Å². The fraction of sp³-hybridized carbons (Fsp3) is 0.538. The molecule has 17 heavy (non-hydrogen) atoms. The highest BCUT2D eigenvalue weighted by Gasteiger charge is 1.99. The number of ether oxygens (including phenoxy) is 1. The van der Waals surface area contributed by atoms with E-state index >= 15 is 0 Å². The van der Waals surface area contributed by atoms with Crippen molar-refractivity contribution >= 4 is 5.69 Å². The van der Waals surface area contributed by atoms with Gasteiger partial charge >= 0.3 is 0 Å². The summed E-state index contributed by atoms with van der Waals surface area (Å²) in [6.45, 7) is 4.53. The summed E-state index contributed by atoms with van der Waals surface area (Å²) in [6, 6.07) is 7.95. The highest BCUT2D eigenvalue weighted by molar-refractivity contribution is 5.46. The molecule has 4 heteroatoms. The van der Waals surface area contributed by atoms with Gasteiger partial charge in [-0.2, -0.15) is 0 Å². The highest BCUT2D eigenvalue weighted by Crippen LogP contribution is 2.09. The van der Waals surface area contributed by atoms with Crippen molar-refractivity contribution in [2.45, 2.75) is 6.54 Å². The van der Waals surface area contributed by atoms with E-state index in [0.717, 1.165) is 44.0 Å². The van der Waals surface area contributed by atoms with Crippen molar-refractivity contribution in [3.8, 4) is 0 Å². The molecule has 0 saturated carbocycles. The van der Waals surface area contributed by atoms with Crippen LogP contribution in [0.3, 0.4) is 0 Å². The Morgan fingerprint density at radius 3 is 2.76 bits per heavy atom. The molecule has 0 amide bonds. The summed E-state index contributed by atoms with van der Waals surface area (Å²) < 4.78 is 5.03. The first-order valence-electron chi connectivity index (χ1n) is 5.95. The molecular weight excluding hydrogens is 214 g/mol. The van der Waals surface area contributed by atoms with Crippen molar-refractivity contribution in [2.75, 3.05) is 46.1 Å². The van der Waals surface area contributed by atoms with E-state index in [-0.39, 0.29) is 0 Å². The van der Waals surface area contributed by atoms with Gasteiger partial charge < -0.3 is 20.7 Å². The van der Waals surface area contributed by atoms with Crippen LogP contribution in [0.5, 0.6) is 0 Å². The van der Waals surface area contributed by atoms with Gasteiger partial charge in [0.15, 0.2) is 0 Å². The van der Waals surface area contributed by atoms with Gasteiger partial charge in [0.1, 0.15) is 0 Å². The summed E-state index contributed by atoms with van der Waals surface area (Å²) >= 11 is 0. The van der Waals surface area contributed by atoms with Gasteiger partial charge in [0.25, 0.3) is 0 Å². The predicted octanol–water partition coefficient (Wildman–Crippen LogP) is 0.937. The normalized spacial score (nSPS) is 11.0. The van der Waals surface area contributed by atoms with Crippen molar-refractivity contribution < 1.29 is 4.74 Å². The highest BCUT2D eigenvalue weighted by atomic mass is 16.5. The van der Waals surface area contributed by atoms with Crippen LogP contribution in [0, 0.1) is 0 Å². The lowest BCUT2D eigenvalue weighted by Gasteiger charge is -2.16. The van der Waals surface area contributed by atoms with Gasteiger partial charge in [-0.15, -0.1) is 0 Å². The van der Waals surface area contributed by atoms with E-state index in [9.17, 15) is 0 Å². The second-order valence-corrected chi connectivity index (χ2v) is 4.17. The first-order chi connectivity index (χ1) is 8.24. The molecule has 0 heterocycles. The summed E-state index contributed by atoms with van der Waals surface area (Å²) in [4.78, 5) is 2.24. The van der Waals surface area contributed by atoms with Crippen molar-refractivity contribution in [3.63, 3.8) is 0 Å². The molecule has 0 aromatic heterocycles. The first-order valence-corrected chi connectivity index (χ1v) is 5.95. The predicted molar refractivity (Wildman–Crippen MR) is 71.9 cm³/mol. The van der Waals surface area contributed by atoms with E-state index in [1.807, 2.05) is 18.2 Å². The molecule has 1 aromatic rings. The minimum absolute atomic E-state index is 0.780. The number of nitrogens with two attached hydrogens (primary N) is 1. The molecule has 0 spiro atoms. The molecule has 0 aliphatic carbocycles. The van der Waals surface area contributed by atoms with E-state index in [4.69, 9.17) is 10.5 Å². The number of anilines is 1. The average Bonchev–Trinajstić information content (AvgIpc) is 2.34. The number of hydrogen-bond donors (Lipinski definition) is 2. The van der Waals surface area contributed by atoms with Gasteiger partial charge in [-0.3, -0.25) is 0 Å². The largest absolute Gasteiger partial charge is 0.398 e. The average molecular weight is 237 g/mol. The van der Waals surface area contributed by atoms with Crippen LogP contribution in [-0.4, -0.2) is 45.3 Å². The van der Waals surface area contributed by atoms with Gasteiger partial charge in [0.2, 0.25) is 0 Å². The van der Waals surface area contributed by atoms with Crippen LogP contribution in [0.25, 0.3) is 0 Å². The molecule has 0 aliphatic heterocycles. The third-order valence-electron chi connectivity index (χ3n) is 2.72. The zero-order valence-corrected chi connectivity index (χ0v) is 10.8. The van der Waals surface area contributed by atoms with Gasteiger partial charge in [-0.1, -0.05) is 18.2 Å². The second-order valence-electron chi connectivity index (χ2n) is 4.17. The molecular formula is C13H23N3O. The van der Waals surface area contributed by atoms with Crippen LogP contribution in [0.1, 0.15) is 5.56 Å². The standard InChI is InChI=1S/C13H23N3O/c1-16(9-10-17-2)8-7-15-11-12-5-3-4-6-13(12)14/h3-6,15H,7-11,14H2,1-2H3. The maximum atomic E-state index is 5.86. The number of benzene rings is 1. The van der Waals surface area contributed by atoms with Crippen LogP contribution in [-0.2, 0) is 11.3 Å². The first kappa shape index (κ1) is 14.0. The third kappa shape index (κ3) is 5.68. The van der Waals surface area contributed by atoms with E-state index in [2.05, 4.69) is 23.3 Å². The smallest absolute Gasteiger partial charge is 0.0589 e. The summed E-state index contributed by atoms with van der Waals surface area (Å²) in [5.74, 6) is 0. The Kier molecular flexibility index (Phi) is 6.62. The molecule has 0 bridgehead atoms. The van der Waals surface area contributed by atoms with Crippen LogP contribution in [0.15, 0.2) is 24.3 Å². The number of nitrogen functional groups attached to an aromatic ring is 1. The van der Waals surface area contributed by atoms with E-state index in [1.54, 1.807) is 7.11 Å². The molecule has 0 aliphatic rings. The minimum Gasteiger partial charge on any atom is -0.398 e. The maximum Gasteiger partial charge on any atom is 0.0589 e. The molecule has 1 aromatic carbocycles. The Morgan fingerprint density at radius 1 is 1.29 bits per heavy atom. The number of nitrogens with one attached hydrogen (secondary N) is 1. The summed E-state index contributed by atoms with van der Waals surface area (Å²) in [5, 5.41) is 3.39. The van der Waals surface area contributed by atoms with Crippen molar-refractivity contribution in [1.29, 1.82) is 0 Å². The molecule has 3 N–H and O–H groups in total. The monoisotopic (exact) mass is 237 g/mol. The lowest BCUT2D eigenvalue weighted by Crippen LogP contribution is -2.31. The fourth-order valence-electron chi connectivity index (χ4n) is 1.55. The molecule has 4 nitrogen and oxygen atoms in total. The van der Waals surface area contributed by atoms with E-state index in [1.165, 1.54) is 0 Å². The fourth-order valence-corrected chi connectivity index (χ4v) is 1.55. The van der Waals surface area contributed by atoms with E-state index in [0.29, 0.717) is 0 Å². The minimum atomic E-state index is 0.780. The van der Waals surface area contributed by atoms with E-state index < -0.39 is 0 Å². The zero-order valence-electron chi connectivity index (χ0n) is 10.8. The van der Waals surface area contributed by atoms with Gasteiger partial charge in [0, 0.05) is 39.0 Å². The molecule has 0 fully saturated rings. The SMILES string of the molecule is COCCN(C)CCNCc1ccccc1N. The van der Waals surface area contributed by atoms with Gasteiger partial charge in [-0.25, -0.2) is 0 Å². The van der Waals surface area contributed by atoms with Crippen LogP contribution < -0.4 is 11.1 Å². The summed E-state index contributed by atoms with van der Waals surface area (Å²) in [6.07, 6.45) is 0. The van der Waals surface area contributed by atoms with Crippen molar-refractivity contribution in [1.82, 2.24) is 10.2 Å². The molecule has 0 radical (unpaired) electrons. The van der Waals surface area contributed by atoms with Crippen LogP contribution >= 0.6 is 0 Å². The van der Waals surface area contributed by atoms with Crippen molar-refractivity contribution in [3.05, 3.63) is 29.8 Å². The molecule has 96 valence electrons. The molecule has 1 rings (SSSR count). The summed E-state index contributed by atoms with van der Waals surface area (Å²) in [7, 11) is 3.82. The number of rotatable bonds is 8. The number of para-hydroxylation sites is 1. The Morgan fingerprint density at radius 2 is 2.06 bits per heavy atom. The summed E-state index contributed by atoms with van der Waals surface area (Å²) in [5.41, 5.74) is 7.88. The Balaban J connectivity index is 2.14. The topological polar surface area (TPSA) is 50.5 Å². The maximum absolute atomic E-state index is 5.86. The van der Waals surface area contributed by atoms with Crippen molar-refractivity contribution in [2.24, 2.45) is 0 Å². The lowest BCUT2D eigenvalue weighted by atomic mass is 10.2. The molecule has 0 atom stereocenters. The number of methoxy groups -OCH3 is 1. The Bertz CT molecular complexity index is 317. The zero-order chi connectivity index (χ0) is 12.5. The van der Waals surface area contributed by atoms with Gasteiger partial charge in [-0.05, 0) is 18.7 Å². The van der Waals surface area contributed by atoms with Crippen LogP contribution in [0.4, 0.5) is 5.69 Å². The molecule has 0 saturated heterocycles. The lowest BCUT2D eigenvalue weighted by molar-refractivity contribution is 0.161. The second kappa shape index (κ2) is 8.06.